The van der Waals surface area contributed by atoms with Gasteiger partial charge in [0.1, 0.15) is 5.75 Å². The highest BCUT2D eigenvalue weighted by molar-refractivity contribution is 6.31. The van der Waals surface area contributed by atoms with Crippen molar-refractivity contribution in [2.45, 2.75) is 51.2 Å². The predicted molar refractivity (Wildman–Crippen MR) is 90.0 cm³/mol. The molecule has 2 atom stereocenters. The second kappa shape index (κ2) is 7.54. The van der Waals surface area contributed by atoms with Crippen LogP contribution in [0.3, 0.4) is 0 Å². The Morgan fingerprint density at radius 2 is 2.30 bits per heavy atom. The summed E-state index contributed by atoms with van der Waals surface area (Å²) < 4.78 is 11.5. The summed E-state index contributed by atoms with van der Waals surface area (Å²) in [6.45, 7) is 3.91. The second-order valence-corrected chi connectivity index (χ2v) is 6.76. The number of hydrogen-bond acceptors (Lipinski definition) is 3. The Kier molecular flexibility index (Phi) is 5.44. The fraction of sp³-hybridized carbons (Fsp3) is 0.611. The van der Waals surface area contributed by atoms with E-state index in [2.05, 4.69) is 0 Å². The first-order valence-electron chi connectivity index (χ1n) is 8.45. The number of halogens is 1. The largest absolute Gasteiger partial charge is 0.494 e. The molecule has 1 aliphatic heterocycles. The van der Waals surface area contributed by atoms with Crippen molar-refractivity contribution in [3.05, 3.63) is 28.8 Å². The third-order valence-electron chi connectivity index (χ3n) is 4.74. The first-order chi connectivity index (χ1) is 11.1. The van der Waals surface area contributed by atoms with Gasteiger partial charge in [0, 0.05) is 18.0 Å². The highest BCUT2D eigenvalue weighted by Crippen LogP contribution is 2.30. The van der Waals surface area contributed by atoms with Crippen molar-refractivity contribution in [1.29, 1.82) is 0 Å². The van der Waals surface area contributed by atoms with Crippen LogP contribution in [0.15, 0.2) is 18.2 Å². The van der Waals surface area contributed by atoms with Crippen molar-refractivity contribution in [2.24, 2.45) is 0 Å². The third kappa shape index (κ3) is 3.99. The standard InChI is InChI=1S/C18H24ClNO3/c1-13-12-14(7-8-15(13)19)22-10-3-6-18(21)20-9-11-23-17-5-2-4-16(17)20/h7-8,12,16-17H,2-6,9-11H2,1H3/t16-,17-/m1/s1. The molecule has 1 heterocycles. The highest BCUT2D eigenvalue weighted by atomic mass is 35.5. The first-order valence-corrected chi connectivity index (χ1v) is 8.83. The zero-order valence-electron chi connectivity index (χ0n) is 13.6. The molecule has 0 radical (unpaired) electrons. The number of rotatable bonds is 5. The maximum Gasteiger partial charge on any atom is 0.223 e. The summed E-state index contributed by atoms with van der Waals surface area (Å²) in [5.41, 5.74) is 1.00. The van der Waals surface area contributed by atoms with Crippen LogP contribution >= 0.6 is 11.6 Å². The topological polar surface area (TPSA) is 38.8 Å². The smallest absolute Gasteiger partial charge is 0.223 e. The maximum atomic E-state index is 12.4. The number of aryl methyl sites for hydroxylation is 1. The van der Waals surface area contributed by atoms with E-state index in [1.54, 1.807) is 0 Å². The van der Waals surface area contributed by atoms with Gasteiger partial charge in [-0.2, -0.15) is 0 Å². The van der Waals surface area contributed by atoms with E-state index in [1.807, 2.05) is 30.0 Å². The Bertz CT molecular complexity index is 563. The fourth-order valence-electron chi connectivity index (χ4n) is 3.50. The minimum atomic E-state index is 0.237. The van der Waals surface area contributed by atoms with Gasteiger partial charge in [-0.05, 0) is 56.4 Å². The molecule has 3 rings (SSSR count). The number of benzene rings is 1. The Hall–Kier alpha value is -1.26. The molecule has 1 aliphatic carbocycles. The minimum Gasteiger partial charge on any atom is -0.494 e. The van der Waals surface area contributed by atoms with E-state index in [9.17, 15) is 4.79 Å². The minimum absolute atomic E-state index is 0.237. The predicted octanol–water partition coefficient (Wildman–Crippen LogP) is 3.59. The summed E-state index contributed by atoms with van der Waals surface area (Å²) in [6, 6.07) is 5.93. The summed E-state index contributed by atoms with van der Waals surface area (Å²) in [5.74, 6) is 1.04. The molecule has 1 saturated carbocycles. The van der Waals surface area contributed by atoms with Crippen molar-refractivity contribution in [3.8, 4) is 5.75 Å². The van der Waals surface area contributed by atoms with Crippen molar-refractivity contribution in [3.63, 3.8) is 0 Å². The van der Waals surface area contributed by atoms with E-state index in [-0.39, 0.29) is 12.0 Å². The van der Waals surface area contributed by atoms with E-state index < -0.39 is 0 Å². The summed E-state index contributed by atoms with van der Waals surface area (Å²) in [7, 11) is 0. The molecule has 1 aromatic carbocycles. The quantitative estimate of drug-likeness (QED) is 0.771. The van der Waals surface area contributed by atoms with Crippen molar-refractivity contribution in [1.82, 2.24) is 4.90 Å². The van der Waals surface area contributed by atoms with Gasteiger partial charge in [0.05, 0.1) is 25.4 Å². The van der Waals surface area contributed by atoms with Gasteiger partial charge in [-0.1, -0.05) is 11.6 Å². The van der Waals surface area contributed by atoms with Crippen LogP contribution < -0.4 is 4.74 Å². The Balaban J connectivity index is 1.43. The van der Waals surface area contributed by atoms with Gasteiger partial charge in [0.2, 0.25) is 5.91 Å². The van der Waals surface area contributed by atoms with Crippen LogP contribution in [0.5, 0.6) is 5.75 Å². The van der Waals surface area contributed by atoms with Crippen molar-refractivity contribution >= 4 is 17.5 Å². The van der Waals surface area contributed by atoms with Crippen LogP contribution in [0.25, 0.3) is 0 Å². The monoisotopic (exact) mass is 337 g/mol. The van der Waals surface area contributed by atoms with E-state index in [1.165, 1.54) is 0 Å². The van der Waals surface area contributed by atoms with Crippen LogP contribution in [-0.2, 0) is 9.53 Å². The normalized spacial score (nSPS) is 23.7. The van der Waals surface area contributed by atoms with Gasteiger partial charge in [0.25, 0.3) is 0 Å². The zero-order chi connectivity index (χ0) is 16.2. The van der Waals surface area contributed by atoms with Gasteiger partial charge in [-0.3, -0.25) is 4.79 Å². The average molecular weight is 338 g/mol. The average Bonchev–Trinajstić information content (AvgIpc) is 3.03. The Morgan fingerprint density at radius 3 is 3.13 bits per heavy atom. The molecule has 0 aromatic heterocycles. The lowest BCUT2D eigenvalue weighted by atomic mass is 10.1. The molecular weight excluding hydrogens is 314 g/mol. The van der Waals surface area contributed by atoms with E-state index in [0.29, 0.717) is 25.7 Å². The molecule has 0 N–H and O–H groups in total. The van der Waals surface area contributed by atoms with Crippen LogP contribution in [0.2, 0.25) is 5.02 Å². The Labute approximate surface area is 142 Å². The highest BCUT2D eigenvalue weighted by Gasteiger charge is 2.37. The maximum absolute atomic E-state index is 12.4. The number of hydrogen-bond donors (Lipinski definition) is 0. The number of nitrogens with zero attached hydrogens (tertiary/aromatic N) is 1. The number of fused-ring (bicyclic) bond motifs is 1. The van der Waals surface area contributed by atoms with Gasteiger partial charge < -0.3 is 14.4 Å². The van der Waals surface area contributed by atoms with Crippen LogP contribution in [-0.4, -0.2) is 42.7 Å². The van der Waals surface area contributed by atoms with Gasteiger partial charge in [0.15, 0.2) is 0 Å². The molecule has 0 spiro atoms. The molecule has 1 amide bonds. The first kappa shape index (κ1) is 16.6. The zero-order valence-corrected chi connectivity index (χ0v) is 14.3. The third-order valence-corrected chi connectivity index (χ3v) is 5.16. The molecule has 5 heteroatoms. The molecular formula is C18H24ClNO3. The molecule has 23 heavy (non-hydrogen) atoms. The Morgan fingerprint density at radius 1 is 1.43 bits per heavy atom. The SMILES string of the molecule is Cc1cc(OCCCC(=O)N2CCO[C@@H]3CCC[C@H]32)ccc1Cl. The summed E-state index contributed by atoms with van der Waals surface area (Å²) >= 11 is 6.00. The molecule has 0 bridgehead atoms. The van der Waals surface area contributed by atoms with Gasteiger partial charge in [-0.25, -0.2) is 0 Å². The number of amides is 1. The number of carbonyl (C=O) groups is 1. The summed E-state index contributed by atoms with van der Waals surface area (Å²) in [4.78, 5) is 14.5. The molecule has 126 valence electrons. The second-order valence-electron chi connectivity index (χ2n) is 6.36. The molecule has 0 unspecified atom stereocenters. The van der Waals surface area contributed by atoms with E-state index in [0.717, 1.165) is 48.6 Å². The number of carbonyl (C=O) groups excluding carboxylic acids is 1. The molecule has 1 saturated heterocycles. The number of morpholine rings is 1. The molecule has 2 fully saturated rings. The van der Waals surface area contributed by atoms with Crippen molar-refractivity contribution < 1.29 is 14.3 Å². The lowest BCUT2D eigenvalue weighted by Gasteiger charge is -2.37. The van der Waals surface area contributed by atoms with Crippen LogP contribution in [0, 0.1) is 6.92 Å². The summed E-state index contributed by atoms with van der Waals surface area (Å²) in [5, 5.41) is 0.742. The summed E-state index contributed by atoms with van der Waals surface area (Å²) in [6.07, 6.45) is 4.87. The van der Waals surface area contributed by atoms with Crippen LogP contribution in [0.4, 0.5) is 0 Å². The lowest BCUT2D eigenvalue weighted by Crippen LogP contribution is -2.51. The van der Waals surface area contributed by atoms with Crippen molar-refractivity contribution in [2.75, 3.05) is 19.8 Å². The molecule has 4 nitrogen and oxygen atoms in total. The van der Waals surface area contributed by atoms with Gasteiger partial charge >= 0.3 is 0 Å². The van der Waals surface area contributed by atoms with E-state index >= 15 is 0 Å². The number of ether oxygens (including phenoxy) is 2. The van der Waals surface area contributed by atoms with E-state index in [4.69, 9.17) is 21.1 Å². The molecule has 1 aromatic rings. The fourth-order valence-corrected chi connectivity index (χ4v) is 3.62. The molecule has 2 aliphatic rings. The lowest BCUT2D eigenvalue weighted by molar-refractivity contribution is -0.144. The van der Waals surface area contributed by atoms with Crippen LogP contribution in [0.1, 0.15) is 37.7 Å². The van der Waals surface area contributed by atoms with Gasteiger partial charge in [-0.15, -0.1) is 0 Å².